The van der Waals surface area contributed by atoms with Gasteiger partial charge in [0.1, 0.15) is 0 Å². The molecule has 2 N–H and O–H groups in total. The van der Waals surface area contributed by atoms with Gasteiger partial charge in [0.15, 0.2) is 11.0 Å². The van der Waals surface area contributed by atoms with Crippen LogP contribution in [0.4, 0.5) is 5.69 Å². The lowest BCUT2D eigenvalue weighted by atomic mass is 10.0. The molecular formula is C26H31N5O4S. The van der Waals surface area contributed by atoms with E-state index in [2.05, 4.69) is 20.8 Å². The Morgan fingerprint density at radius 3 is 2.50 bits per heavy atom. The van der Waals surface area contributed by atoms with Crippen LogP contribution in [0, 0.1) is 12.8 Å². The third-order valence-electron chi connectivity index (χ3n) is 5.51. The maximum Gasteiger partial charge on any atom is 0.339 e. The van der Waals surface area contributed by atoms with E-state index >= 15 is 0 Å². The standard InChI is InChI=1S/C26H31N5O4S/c1-6-31-23(22(16(2)3)28-24(33)18-11-9-10-17(4)14-18)29-30-26(31)36-15-21(32)27-20-13-8-7-12-19(20)25(34)35-5/h7-14,16,22H,6,15H2,1-5H3,(H,27,32)(H,28,33)/t22-/m1/s1. The van der Waals surface area contributed by atoms with E-state index in [9.17, 15) is 14.4 Å². The zero-order chi connectivity index (χ0) is 26.2. The molecule has 0 fully saturated rings. The number of aryl methyl sites for hydroxylation is 1. The number of nitrogens with zero attached hydrogens (tertiary/aromatic N) is 3. The van der Waals surface area contributed by atoms with Crippen LogP contribution in [-0.4, -0.2) is 45.4 Å². The smallest absolute Gasteiger partial charge is 0.339 e. The van der Waals surface area contributed by atoms with Crippen LogP contribution in [0.2, 0.25) is 0 Å². The monoisotopic (exact) mass is 509 g/mol. The van der Waals surface area contributed by atoms with E-state index in [0.717, 1.165) is 5.56 Å². The number of amides is 2. The predicted molar refractivity (Wildman–Crippen MR) is 139 cm³/mol. The molecule has 0 aliphatic rings. The molecule has 9 nitrogen and oxygen atoms in total. The molecule has 0 aliphatic heterocycles. The minimum Gasteiger partial charge on any atom is -0.465 e. The molecule has 2 aromatic carbocycles. The number of thioether (sulfide) groups is 1. The summed E-state index contributed by atoms with van der Waals surface area (Å²) in [5.74, 6) is -0.244. The molecule has 0 radical (unpaired) electrons. The van der Waals surface area contributed by atoms with Gasteiger partial charge in [-0.2, -0.15) is 0 Å². The van der Waals surface area contributed by atoms with Crippen molar-refractivity contribution in [3.05, 3.63) is 71.0 Å². The van der Waals surface area contributed by atoms with Crippen LogP contribution in [0.1, 0.15) is 58.9 Å². The van der Waals surface area contributed by atoms with E-state index < -0.39 is 5.97 Å². The van der Waals surface area contributed by atoms with Crippen LogP contribution in [0.3, 0.4) is 0 Å². The first-order valence-electron chi connectivity index (χ1n) is 11.7. The number of hydrogen-bond donors (Lipinski definition) is 2. The number of nitrogens with one attached hydrogen (secondary N) is 2. The van der Waals surface area contributed by atoms with Gasteiger partial charge in [-0.05, 0) is 44.0 Å². The number of carbonyl (C=O) groups is 3. The summed E-state index contributed by atoms with van der Waals surface area (Å²) in [5, 5.41) is 15.1. The van der Waals surface area contributed by atoms with Crippen LogP contribution in [0.5, 0.6) is 0 Å². The molecule has 0 saturated carbocycles. The maximum absolute atomic E-state index is 12.9. The Morgan fingerprint density at radius 1 is 1.08 bits per heavy atom. The number of para-hydroxylation sites is 1. The number of benzene rings is 2. The molecule has 36 heavy (non-hydrogen) atoms. The van der Waals surface area contributed by atoms with E-state index in [0.29, 0.717) is 28.8 Å². The van der Waals surface area contributed by atoms with Crippen molar-refractivity contribution in [3.63, 3.8) is 0 Å². The summed E-state index contributed by atoms with van der Waals surface area (Å²) < 4.78 is 6.68. The summed E-state index contributed by atoms with van der Waals surface area (Å²) in [7, 11) is 1.29. The van der Waals surface area contributed by atoms with Crippen molar-refractivity contribution in [1.29, 1.82) is 0 Å². The molecule has 3 aromatic rings. The molecule has 0 spiro atoms. The van der Waals surface area contributed by atoms with Gasteiger partial charge in [0.25, 0.3) is 5.91 Å². The lowest BCUT2D eigenvalue weighted by molar-refractivity contribution is -0.113. The van der Waals surface area contributed by atoms with Gasteiger partial charge < -0.3 is 19.9 Å². The fourth-order valence-corrected chi connectivity index (χ4v) is 4.48. The second kappa shape index (κ2) is 12.3. The second-order valence-electron chi connectivity index (χ2n) is 8.52. The lowest BCUT2D eigenvalue weighted by Crippen LogP contribution is -2.33. The number of aromatic nitrogens is 3. The van der Waals surface area contributed by atoms with Crippen molar-refractivity contribution in [1.82, 2.24) is 20.1 Å². The number of ether oxygens (including phenoxy) is 1. The normalized spacial score (nSPS) is 11.7. The minimum absolute atomic E-state index is 0.0595. The highest BCUT2D eigenvalue weighted by atomic mass is 32.2. The molecule has 1 heterocycles. The zero-order valence-corrected chi connectivity index (χ0v) is 21.9. The van der Waals surface area contributed by atoms with Crippen LogP contribution < -0.4 is 10.6 Å². The number of hydrogen-bond acceptors (Lipinski definition) is 7. The van der Waals surface area contributed by atoms with Gasteiger partial charge in [-0.1, -0.05) is 55.4 Å². The highest BCUT2D eigenvalue weighted by molar-refractivity contribution is 7.99. The van der Waals surface area contributed by atoms with Crippen LogP contribution in [0.15, 0.2) is 53.7 Å². The Kier molecular flexibility index (Phi) is 9.24. The van der Waals surface area contributed by atoms with E-state index in [1.807, 2.05) is 50.5 Å². The average Bonchev–Trinajstić information content (AvgIpc) is 3.28. The average molecular weight is 510 g/mol. The summed E-state index contributed by atoms with van der Waals surface area (Å²) in [6, 6.07) is 13.7. The fourth-order valence-electron chi connectivity index (χ4n) is 3.67. The largest absolute Gasteiger partial charge is 0.465 e. The second-order valence-corrected chi connectivity index (χ2v) is 9.47. The molecule has 0 saturated heterocycles. The van der Waals surface area contributed by atoms with E-state index in [1.54, 1.807) is 30.3 Å². The third kappa shape index (κ3) is 6.51. The van der Waals surface area contributed by atoms with Crippen molar-refractivity contribution >= 4 is 35.2 Å². The van der Waals surface area contributed by atoms with Crippen molar-refractivity contribution in [3.8, 4) is 0 Å². The van der Waals surface area contributed by atoms with Gasteiger partial charge in [0.2, 0.25) is 5.91 Å². The third-order valence-corrected chi connectivity index (χ3v) is 6.48. The lowest BCUT2D eigenvalue weighted by Gasteiger charge is -2.22. The van der Waals surface area contributed by atoms with Crippen LogP contribution >= 0.6 is 11.8 Å². The van der Waals surface area contributed by atoms with Gasteiger partial charge in [-0.25, -0.2) is 4.79 Å². The van der Waals surface area contributed by atoms with Gasteiger partial charge in [0, 0.05) is 12.1 Å². The van der Waals surface area contributed by atoms with Gasteiger partial charge in [-0.3, -0.25) is 9.59 Å². The summed E-state index contributed by atoms with van der Waals surface area (Å²) in [5.41, 5.74) is 2.25. The number of rotatable bonds is 10. The number of esters is 1. The minimum atomic E-state index is -0.527. The Morgan fingerprint density at radius 2 is 1.83 bits per heavy atom. The molecule has 190 valence electrons. The van der Waals surface area contributed by atoms with Crippen LogP contribution in [0.25, 0.3) is 0 Å². The molecule has 2 amide bonds. The van der Waals surface area contributed by atoms with Crippen molar-refractivity contribution in [2.45, 2.75) is 45.4 Å². The molecule has 10 heteroatoms. The first-order valence-corrected chi connectivity index (χ1v) is 12.6. The molecule has 3 rings (SSSR count). The summed E-state index contributed by atoms with van der Waals surface area (Å²) in [6.07, 6.45) is 0. The number of methoxy groups -OCH3 is 1. The van der Waals surface area contributed by atoms with Crippen molar-refractivity contribution < 1.29 is 19.1 Å². The highest BCUT2D eigenvalue weighted by Gasteiger charge is 2.26. The Hall–Kier alpha value is -3.66. The van der Waals surface area contributed by atoms with Gasteiger partial charge in [0.05, 0.1) is 30.2 Å². The van der Waals surface area contributed by atoms with E-state index in [-0.39, 0.29) is 35.1 Å². The highest BCUT2D eigenvalue weighted by Crippen LogP contribution is 2.26. The topological polar surface area (TPSA) is 115 Å². The van der Waals surface area contributed by atoms with Gasteiger partial charge in [-0.15, -0.1) is 10.2 Å². The molecule has 0 unspecified atom stereocenters. The summed E-state index contributed by atoms with van der Waals surface area (Å²) >= 11 is 1.23. The number of anilines is 1. The first kappa shape index (κ1) is 26.9. The van der Waals surface area contributed by atoms with E-state index in [1.165, 1.54) is 18.9 Å². The maximum atomic E-state index is 12.9. The predicted octanol–water partition coefficient (Wildman–Crippen LogP) is 4.25. The first-order chi connectivity index (χ1) is 17.2. The van der Waals surface area contributed by atoms with E-state index in [4.69, 9.17) is 4.74 Å². The fraction of sp³-hybridized carbons (Fsp3) is 0.346. The SMILES string of the molecule is CCn1c(SCC(=O)Nc2ccccc2C(=O)OC)nnc1[C@H](NC(=O)c1cccc(C)c1)C(C)C. The quantitative estimate of drug-likeness (QED) is 0.310. The Labute approximate surface area is 215 Å². The zero-order valence-electron chi connectivity index (χ0n) is 21.1. The van der Waals surface area contributed by atoms with Crippen molar-refractivity contribution in [2.75, 3.05) is 18.2 Å². The summed E-state index contributed by atoms with van der Waals surface area (Å²) in [6.45, 7) is 8.49. The Bertz CT molecular complexity index is 1240. The molecular weight excluding hydrogens is 478 g/mol. The molecule has 1 aromatic heterocycles. The molecule has 0 bridgehead atoms. The Balaban J connectivity index is 1.72. The van der Waals surface area contributed by atoms with Gasteiger partial charge >= 0.3 is 5.97 Å². The summed E-state index contributed by atoms with van der Waals surface area (Å²) in [4.78, 5) is 37.5. The molecule has 1 atom stereocenters. The van der Waals surface area contributed by atoms with Crippen molar-refractivity contribution in [2.24, 2.45) is 5.92 Å². The van der Waals surface area contributed by atoms with Crippen LogP contribution in [-0.2, 0) is 16.1 Å². The number of carbonyl (C=O) groups excluding carboxylic acids is 3. The molecule has 0 aliphatic carbocycles.